The van der Waals surface area contributed by atoms with E-state index in [9.17, 15) is 0 Å². The van der Waals surface area contributed by atoms with Crippen molar-refractivity contribution in [1.29, 1.82) is 0 Å². The summed E-state index contributed by atoms with van der Waals surface area (Å²) in [6, 6.07) is 10.9. The molecule has 0 radical (unpaired) electrons. The van der Waals surface area contributed by atoms with Gasteiger partial charge in [-0.25, -0.2) is 0 Å². The fourth-order valence-corrected chi connectivity index (χ4v) is 4.22. The van der Waals surface area contributed by atoms with Crippen molar-refractivity contribution in [3.05, 3.63) is 50.6 Å². The van der Waals surface area contributed by atoms with Gasteiger partial charge in [-0.1, -0.05) is 25.1 Å². The zero-order chi connectivity index (χ0) is 13.9. The molecule has 0 aliphatic carbocycles. The summed E-state index contributed by atoms with van der Waals surface area (Å²) in [6.45, 7) is 3.12. The fraction of sp³-hybridized carbons (Fsp3) is 0.375. The van der Waals surface area contributed by atoms with Gasteiger partial charge >= 0.3 is 0 Å². The third-order valence-corrected chi connectivity index (χ3v) is 5.35. The first-order valence-corrected chi connectivity index (χ1v) is 8.64. The highest BCUT2D eigenvalue weighted by Gasteiger charge is 2.30. The smallest absolute Gasteiger partial charge is 0.123 e. The number of rotatable bonds is 5. The van der Waals surface area contributed by atoms with E-state index in [4.69, 9.17) is 4.74 Å². The zero-order valence-corrected chi connectivity index (χ0v) is 13.8. The number of ether oxygens (including phenoxy) is 1. The molecule has 1 N–H and O–H groups in total. The molecule has 1 aromatic carbocycles. The second kappa shape index (κ2) is 6.29. The summed E-state index contributed by atoms with van der Waals surface area (Å²) in [5, 5.41) is 5.72. The quantitative estimate of drug-likeness (QED) is 0.877. The summed E-state index contributed by atoms with van der Waals surface area (Å²) >= 11 is 5.33. The highest BCUT2D eigenvalue weighted by molar-refractivity contribution is 9.10. The lowest BCUT2D eigenvalue weighted by Crippen LogP contribution is -2.43. The number of para-hydroxylation sites is 1. The van der Waals surface area contributed by atoms with Crippen LogP contribution in [0.25, 0.3) is 0 Å². The summed E-state index contributed by atoms with van der Waals surface area (Å²) in [5.74, 6) is 1.05. The summed E-state index contributed by atoms with van der Waals surface area (Å²) in [7, 11) is 0. The maximum atomic E-state index is 6.13. The van der Waals surface area contributed by atoms with Crippen molar-refractivity contribution in [3.63, 3.8) is 0 Å². The lowest BCUT2D eigenvalue weighted by Gasteiger charge is -2.23. The van der Waals surface area contributed by atoms with Crippen LogP contribution in [0.1, 0.15) is 17.4 Å². The lowest BCUT2D eigenvalue weighted by molar-refractivity contribution is 0.178. The number of hydrogen-bond acceptors (Lipinski definition) is 3. The minimum Gasteiger partial charge on any atom is -0.488 e. The molecule has 0 bridgehead atoms. The highest BCUT2D eigenvalue weighted by atomic mass is 79.9. The van der Waals surface area contributed by atoms with Gasteiger partial charge in [0, 0.05) is 33.6 Å². The Morgan fingerprint density at radius 2 is 2.30 bits per heavy atom. The van der Waals surface area contributed by atoms with Crippen LogP contribution in [-0.4, -0.2) is 18.7 Å². The second-order valence-corrected chi connectivity index (χ2v) is 6.98. The van der Waals surface area contributed by atoms with Gasteiger partial charge in [0.25, 0.3) is 0 Å². The summed E-state index contributed by atoms with van der Waals surface area (Å²) in [5.41, 5.74) is 1.33. The Morgan fingerprint density at radius 3 is 3.00 bits per heavy atom. The van der Waals surface area contributed by atoms with Crippen LogP contribution in [0.15, 0.2) is 40.2 Å². The topological polar surface area (TPSA) is 21.3 Å². The molecule has 2 aromatic rings. The van der Waals surface area contributed by atoms with Gasteiger partial charge in [-0.3, -0.25) is 0 Å². The normalized spacial score (nSPS) is 18.6. The first-order valence-electron chi connectivity index (χ1n) is 6.97. The van der Waals surface area contributed by atoms with E-state index < -0.39 is 0 Å². The largest absolute Gasteiger partial charge is 0.488 e. The standard InChI is InChI=1S/C16H18BrNOS/c1-2-18-14(9-13-8-12(17)10-20-13)16-7-11-5-3-4-6-15(11)19-16/h3-6,8,10,14,16,18H,2,7,9H2,1H3. The van der Waals surface area contributed by atoms with Gasteiger partial charge in [0.15, 0.2) is 0 Å². The molecule has 3 rings (SSSR count). The number of thiophene rings is 1. The SMILES string of the molecule is CCNC(Cc1cc(Br)cs1)C1Cc2ccccc2O1. The van der Waals surface area contributed by atoms with Crippen molar-refractivity contribution in [2.24, 2.45) is 0 Å². The molecule has 1 aromatic heterocycles. The first kappa shape index (κ1) is 14.1. The van der Waals surface area contributed by atoms with E-state index in [0.29, 0.717) is 6.04 Å². The molecule has 2 nitrogen and oxygen atoms in total. The third-order valence-electron chi connectivity index (χ3n) is 3.63. The third kappa shape index (κ3) is 3.08. The van der Waals surface area contributed by atoms with Crippen LogP contribution < -0.4 is 10.1 Å². The van der Waals surface area contributed by atoms with E-state index in [1.54, 1.807) is 11.3 Å². The predicted molar refractivity (Wildman–Crippen MR) is 87.7 cm³/mol. The van der Waals surface area contributed by atoms with Gasteiger partial charge in [-0.05, 0) is 40.2 Å². The van der Waals surface area contributed by atoms with Crippen LogP contribution in [0.4, 0.5) is 0 Å². The van der Waals surface area contributed by atoms with Gasteiger partial charge in [0.1, 0.15) is 11.9 Å². The molecule has 20 heavy (non-hydrogen) atoms. The van der Waals surface area contributed by atoms with Crippen molar-refractivity contribution in [2.75, 3.05) is 6.54 Å². The molecule has 1 aliphatic heterocycles. The van der Waals surface area contributed by atoms with Crippen LogP contribution in [0.5, 0.6) is 5.75 Å². The fourth-order valence-electron chi connectivity index (χ4n) is 2.71. The van der Waals surface area contributed by atoms with E-state index in [1.165, 1.54) is 14.9 Å². The highest BCUT2D eigenvalue weighted by Crippen LogP contribution is 2.31. The zero-order valence-electron chi connectivity index (χ0n) is 11.4. The summed E-state index contributed by atoms with van der Waals surface area (Å²) in [6.07, 6.45) is 2.25. The molecule has 106 valence electrons. The van der Waals surface area contributed by atoms with Gasteiger partial charge < -0.3 is 10.1 Å². The number of nitrogens with one attached hydrogen (secondary N) is 1. The Bertz CT molecular complexity index is 558. The summed E-state index contributed by atoms with van der Waals surface area (Å²) < 4.78 is 7.30. The van der Waals surface area contributed by atoms with Crippen molar-refractivity contribution >= 4 is 27.3 Å². The molecule has 2 atom stereocenters. The monoisotopic (exact) mass is 351 g/mol. The Morgan fingerprint density at radius 1 is 1.45 bits per heavy atom. The van der Waals surface area contributed by atoms with Gasteiger partial charge in [-0.2, -0.15) is 0 Å². The Kier molecular flexibility index (Phi) is 4.44. The average molecular weight is 352 g/mol. The predicted octanol–water partition coefficient (Wildman–Crippen LogP) is 4.03. The number of benzene rings is 1. The van der Waals surface area contributed by atoms with E-state index in [-0.39, 0.29) is 6.10 Å². The van der Waals surface area contributed by atoms with E-state index in [2.05, 4.69) is 57.8 Å². The minimum absolute atomic E-state index is 0.230. The number of halogens is 1. The van der Waals surface area contributed by atoms with Crippen LogP contribution in [0.3, 0.4) is 0 Å². The Balaban J connectivity index is 1.72. The number of likely N-dealkylation sites (N-methyl/N-ethyl adjacent to an activating group) is 1. The Labute approximate surface area is 132 Å². The molecular weight excluding hydrogens is 334 g/mol. The summed E-state index contributed by atoms with van der Waals surface area (Å²) in [4.78, 5) is 1.39. The second-order valence-electron chi connectivity index (χ2n) is 5.07. The number of hydrogen-bond donors (Lipinski definition) is 1. The Hall–Kier alpha value is -0.840. The molecule has 2 unspecified atom stereocenters. The molecule has 0 fully saturated rings. The maximum Gasteiger partial charge on any atom is 0.123 e. The average Bonchev–Trinajstić information content (AvgIpc) is 3.04. The van der Waals surface area contributed by atoms with Crippen LogP contribution >= 0.6 is 27.3 Å². The van der Waals surface area contributed by atoms with E-state index in [1.807, 2.05) is 6.07 Å². The molecular formula is C16H18BrNOS. The van der Waals surface area contributed by atoms with E-state index in [0.717, 1.165) is 25.1 Å². The van der Waals surface area contributed by atoms with Crippen molar-refractivity contribution in [3.8, 4) is 5.75 Å². The minimum atomic E-state index is 0.230. The van der Waals surface area contributed by atoms with Gasteiger partial charge in [0.2, 0.25) is 0 Å². The lowest BCUT2D eigenvalue weighted by atomic mass is 10.0. The number of fused-ring (bicyclic) bond motifs is 1. The molecule has 4 heteroatoms. The molecule has 0 amide bonds. The van der Waals surface area contributed by atoms with Crippen LogP contribution in [0.2, 0.25) is 0 Å². The van der Waals surface area contributed by atoms with E-state index >= 15 is 0 Å². The molecule has 0 saturated carbocycles. The van der Waals surface area contributed by atoms with Crippen molar-refractivity contribution in [1.82, 2.24) is 5.32 Å². The first-order chi connectivity index (χ1) is 9.76. The maximum absolute atomic E-state index is 6.13. The molecule has 0 saturated heterocycles. The van der Waals surface area contributed by atoms with Crippen molar-refractivity contribution in [2.45, 2.75) is 31.9 Å². The van der Waals surface area contributed by atoms with Crippen LogP contribution in [-0.2, 0) is 12.8 Å². The van der Waals surface area contributed by atoms with Crippen molar-refractivity contribution < 1.29 is 4.74 Å². The van der Waals surface area contributed by atoms with Gasteiger partial charge in [0.05, 0.1) is 0 Å². The molecule has 1 aliphatic rings. The molecule has 2 heterocycles. The molecule has 0 spiro atoms. The van der Waals surface area contributed by atoms with Gasteiger partial charge in [-0.15, -0.1) is 11.3 Å². The van der Waals surface area contributed by atoms with Crippen LogP contribution in [0, 0.1) is 0 Å².